The standard InChI is InChI=1S/C11H14O2S/c12-9-5-3-8(4-6-9)11(13)10-2-1-7-14-10/h1-2,7-9,12H,3-6H2. The zero-order chi connectivity index (χ0) is 9.97. The molecule has 2 nitrogen and oxygen atoms in total. The van der Waals surface area contributed by atoms with Gasteiger partial charge in [0.1, 0.15) is 0 Å². The van der Waals surface area contributed by atoms with E-state index < -0.39 is 0 Å². The van der Waals surface area contributed by atoms with E-state index in [2.05, 4.69) is 0 Å². The van der Waals surface area contributed by atoms with Crippen molar-refractivity contribution in [2.45, 2.75) is 31.8 Å². The second kappa shape index (κ2) is 4.24. The Kier molecular flexibility index (Phi) is 2.99. The van der Waals surface area contributed by atoms with Crippen molar-refractivity contribution in [1.82, 2.24) is 0 Å². The number of rotatable bonds is 2. The minimum atomic E-state index is -0.178. The quantitative estimate of drug-likeness (QED) is 0.761. The summed E-state index contributed by atoms with van der Waals surface area (Å²) in [6.45, 7) is 0. The molecule has 1 aliphatic rings. The molecule has 0 aromatic carbocycles. The number of carbonyl (C=O) groups is 1. The molecule has 0 saturated heterocycles. The lowest BCUT2D eigenvalue weighted by Crippen LogP contribution is -2.23. The number of hydrogen-bond acceptors (Lipinski definition) is 3. The molecule has 76 valence electrons. The number of ketones is 1. The summed E-state index contributed by atoms with van der Waals surface area (Å²) in [5, 5.41) is 11.3. The number of aliphatic hydroxyl groups excluding tert-OH is 1. The van der Waals surface area contributed by atoms with Crippen LogP contribution in [0.2, 0.25) is 0 Å². The highest BCUT2D eigenvalue weighted by atomic mass is 32.1. The van der Waals surface area contributed by atoms with Crippen LogP contribution in [0.25, 0.3) is 0 Å². The molecule has 0 amide bonds. The second-order valence-corrected chi connectivity index (χ2v) is 4.79. The fourth-order valence-corrected chi connectivity index (χ4v) is 2.70. The van der Waals surface area contributed by atoms with Crippen LogP contribution in [0, 0.1) is 5.92 Å². The van der Waals surface area contributed by atoms with E-state index in [0.29, 0.717) is 0 Å². The average molecular weight is 210 g/mol. The summed E-state index contributed by atoms with van der Waals surface area (Å²) in [7, 11) is 0. The molecule has 1 heterocycles. The van der Waals surface area contributed by atoms with Gasteiger partial charge in [-0.2, -0.15) is 0 Å². The number of Topliss-reactive ketones (excluding diaryl/α,β-unsaturated/α-hetero) is 1. The average Bonchev–Trinajstić information content (AvgIpc) is 2.71. The molecule has 1 aliphatic carbocycles. The van der Waals surface area contributed by atoms with Crippen LogP contribution in [0.4, 0.5) is 0 Å². The van der Waals surface area contributed by atoms with Gasteiger partial charge in [0.15, 0.2) is 5.78 Å². The monoisotopic (exact) mass is 210 g/mol. The van der Waals surface area contributed by atoms with E-state index in [0.717, 1.165) is 30.6 Å². The zero-order valence-electron chi connectivity index (χ0n) is 7.98. The fourth-order valence-electron chi connectivity index (χ4n) is 1.96. The first kappa shape index (κ1) is 9.87. The summed E-state index contributed by atoms with van der Waals surface area (Å²) < 4.78 is 0. The van der Waals surface area contributed by atoms with Crippen molar-refractivity contribution < 1.29 is 9.90 Å². The minimum absolute atomic E-state index is 0.150. The fraction of sp³-hybridized carbons (Fsp3) is 0.545. The lowest BCUT2D eigenvalue weighted by molar-refractivity contribution is 0.0768. The molecule has 1 fully saturated rings. The highest BCUT2D eigenvalue weighted by Gasteiger charge is 2.26. The lowest BCUT2D eigenvalue weighted by Gasteiger charge is -2.23. The SMILES string of the molecule is O=C(c1cccs1)C1CCC(O)CC1. The van der Waals surface area contributed by atoms with E-state index in [9.17, 15) is 9.90 Å². The van der Waals surface area contributed by atoms with Gasteiger partial charge in [-0.1, -0.05) is 6.07 Å². The van der Waals surface area contributed by atoms with Crippen molar-refractivity contribution in [1.29, 1.82) is 0 Å². The third-order valence-electron chi connectivity index (χ3n) is 2.83. The molecule has 3 heteroatoms. The third kappa shape index (κ3) is 2.04. The molecular weight excluding hydrogens is 196 g/mol. The van der Waals surface area contributed by atoms with Crippen LogP contribution < -0.4 is 0 Å². The van der Waals surface area contributed by atoms with Gasteiger partial charge in [0.05, 0.1) is 11.0 Å². The van der Waals surface area contributed by atoms with Crippen molar-refractivity contribution >= 4 is 17.1 Å². The van der Waals surface area contributed by atoms with Gasteiger partial charge < -0.3 is 5.11 Å². The predicted octanol–water partition coefficient (Wildman–Crippen LogP) is 2.48. The van der Waals surface area contributed by atoms with Gasteiger partial charge in [-0.05, 0) is 37.1 Å². The molecule has 1 saturated carbocycles. The summed E-state index contributed by atoms with van der Waals surface area (Å²) in [5.74, 6) is 0.420. The molecule has 0 unspecified atom stereocenters. The summed E-state index contributed by atoms with van der Waals surface area (Å²) >= 11 is 1.51. The molecule has 0 radical (unpaired) electrons. The highest BCUT2D eigenvalue weighted by Crippen LogP contribution is 2.28. The number of hydrogen-bond donors (Lipinski definition) is 1. The van der Waals surface area contributed by atoms with E-state index >= 15 is 0 Å². The normalized spacial score (nSPS) is 27.5. The molecule has 0 spiro atoms. The van der Waals surface area contributed by atoms with Crippen LogP contribution in [-0.2, 0) is 0 Å². The summed E-state index contributed by atoms with van der Waals surface area (Å²) in [6.07, 6.45) is 3.07. The molecule has 14 heavy (non-hydrogen) atoms. The highest BCUT2D eigenvalue weighted by molar-refractivity contribution is 7.12. The largest absolute Gasteiger partial charge is 0.393 e. The van der Waals surface area contributed by atoms with Crippen LogP contribution >= 0.6 is 11.3 Å². The molecule has 0 aliphatic heterocycles. The molecular formula is C11H14O2S. The minimum Gasteiger partial charge on any atom is -0.393 e. The molecule has 1 aromatic rings. The van der Waals surface area contributed by atoms with Gasteiger partial charge >= 0.3 is 0 Å². The van der Waals surface area contributed by atoms with Gasteiger partial charge in [0, 0.05) is 5.92 Å². The van der Waals surface area contributed by atoms with Gasteiger partial charge in [-0.15, -0.1) is 11.3 Å². The molecule has 0 atom stereocenters. The van der Waals surface area contributed by atoms with E-state index in [1.54, 1.807) is 0 Å². The summed E-state index contributed by atoms with van der Waals surface area (Å²) in [6, 6.07) is 3.80. The third-order valence-corrected chi connectivity index (χ3v) is 3.72. The van der Waals surface area contributed by atoms with Gasteiger partial charge in [0.25, 0.3) is 0 Å². The van der Waals surface area contributed by atoms with Crippen LogP contribution in [0.1, 0.15) is 35.4 Å². The molecule has 0 bridgehead atoms. The number of aliphatic hydroxyl groups is 1. The second-order valence-electron chi connectivity index (χ2n) is 3.85. The Morgan fingerprint density at radius 1 is 1.36 bits per heavy atom. The Morgan fingerprint density at radius 3 is 2.64 bits per heavy atom. The molecule has 1 aromatic heterocycles. The van der Waals surface area contributed by atoms with Crippen LogP contribution in [0.3, 0.4) is 0 Å². The zero-order valence-corrected chi connectivity index (χ0v) is 8.80. The summed E-state index contributed by atoms with van der Waals surface area (Å²) in [4.78, 5) is 12.8. The maximum Gasteiger partial charge on any atom is 0.175 e. The summed E-state index contributed by atoms with van der Waals surface area (Å²) in [5.41, 5.74) is 0. The number of thiophene rings is 1. The van der Waals surface area contributed by atoms with Crippen LogP contribution in [0.15, 0.2) is 17.5 Å². The maximum atomic E-state index is 11.9. The van der Waals surface area contributed by atoms with Crippen molar-refractivity contribution in [2.24, 2.45) is 5.92 Å². The lowest BCUT2D eigenvalue weighted by atomic mass is 9.84. The van der Waals surface area contributed by atoms with Crippen molar-refractivity contribution in [3.63, 3.8) is 0 Å². The smallest absolute Gasteiger partial charge is 0.175 e. The van der Waals surface area contributed by atoms with E-state index in [1.165, 1.54) is 11.3 Å². The van der Waals surface area contributed by atoms with Gasteiger partial charge in [-0.3, -0.25) is 4.79 Å². The predicted molar refractivity (Wildman–Crippen MR) is 56.6 cm³/mol. The van der Waals surface area contributed by atoms with Crippen molar-refractivity contribution in [2.75, 3.05) is 0 Å². The Morgan fingerprint density at radius 2 is 2.07 bits per heavy atom. The van der Waals surface area contributed by atoms with Crippen molar-refractivity contribution in [3.8, 4) is 0 Å². The van der Waals surface area contributed by atoms with Crippen molar-refractivity contribution in [3.05, 3.63) is 22.4 Å². The van der Waals surface area contributed by atoms with E-state index in [1.807, 2.05) is 17.5 Å². The van der Waals surface area contributed by atoms with E-state index in [-0.39, 0.29) is 17.8 Å². The Balaban J connectivity index is 1.99. The maximum absolute atomic E-state index is 11.9. The van der Waals surface area contributed by atoms with Gasteiger partial charge in [0.2, 0.25) is 0 Å². The van der Waals surface area contributed by atoms with Crippen LogP contribution in [0.5, 0.6) is 0 Å². The number of carbonyl (C=O) groups excluding carboxylic acids is 1. The Bertz CT molecular complexity index is 297. The Hall–Kier alpha value is -0.670. The van der Waals surface area contributed by atoms with Gasteiger partial charge in [-0.25, -0.2) is 0 Å². The first-order valence-electron chi connectivity index (χ1n) is 5.03. The van der Waals surface area contributed by atoms with Crippen LogP contribution in [-0.4, -0.2) is 17.0 Å². The molecule has 1 N–H and O–H groups in total. The first-order valence-corrected chi connectivity index (χ1v) is 5.91. The Labute approximate surface area is 87.6 Å². The topological polar surface area (TPSA) is 37.3 Å². The first-order chi connectivity index (χ1) is 6.77. The van der Waals surface area contributed by atoms with E-state index in [4.69, 9.17) is 0 Å². The molecule has 2 rings (SSSR count).